The summed E-state index contributed by atoms with van der Waals surface area (Å²) in [5, 5.41) is 8.90. The smallest absolute Gasteiger partial charge is 0.110 e. The van der Waals surface area contributed by atoms with E-state index in [1.165, 1.54) is 0 Å². The summed E-state index contributed by atoms with van der Waals surface area (Å²) in [5.41, 5.74) is 2.89. The fraction of sp³-hybridized carbons (Fsp3) is 0.429. The normalized spacial score (nSPS) is 11.7. The second-order valence-electron chi connectivity index (χ2n) is 5.64. The van der Waals surface area contributed by atoms with Gasteiger partial charge in [0.1, 0.15) is 5.82 Å². The number of nitrogens with zero attached hydrogens (tertiary/aromatic N) is 3. The van der Waals surface area contributed by atoms with Crippen LogP contribution >= 0.6 is 0 Å². The van der Waals surface area contributed by atoms with E-state index in [2.05, 4.69) is 36.4 Å². The molecular formula is C14H17N3. The molecule has 0 saturated heterocycles. The second-order valence-corrected chi connectivity index (χ2v) is 5.64. The molecule has 0 atom stereocenters. The zero-order valence-corrected chi connectivity index (χ0v) is 10.8. The van der Waals surface area contributed by atoms with E-state index in [9.17, 15) is 0 Å². The number of hydrogen-bond donors (Lipinski definition) is 0. The summed E-state index contributed by atoms with van der Waals surface area (Å²) < 4.78 is 2.08. The molecule has 0 N–H and O–H groups in total. The number of rotatable bonds is 1. The number of aromatic nitrogens is 2. The molecule has 0 aliphatic rings. The van der Waals surface area contributed by atoms with Crippen LogP contribution in [0.2, 0.25) is 0 Å². The first kappa shape index (κ1) is 11.7. The minimum Gasteiger partial charge on any atom is -0.331 e. The number of aryl methyl sites for hydroxylation is 1. The van der Waals surface area contributed by atoms with Crippen LogP contribution in [0, 0.1) is 16.7 Å². The minimum atomic E-state index is 0.215. The molecular weight excluding hydrogens is 210 g/mol. The largest absolute Gasteiger partial charge is 0.331 e. The van der Waals surface area contributed by atoms with E-state index in [0.717, 1.165) is 23.3 Å². The molecule has 0 aliphatic heterocycles. The fourth-order valence-corrected chi connectivity index (χ4v) is 1.94. The topological polar surface area (TPSA) is 41.6 Å². The maximum absolute atomic E-state index is 8.90. The Kier molecular flexibility index (Phi) is 2.66. The molecule has 17 heavy (non-hydrogen) atoms. The standard InChI is InChI=1S/C14H17N3/c1-14(2,3)8-13-16-11-6-5-10(9-15)7-12(11)17(13)4/h5-7H,8H2,1-4H3. The monoisotopic (exact) mass is 227 g/mol. The number of imidazole rings is 1. The van der Waals surface area contributed by atoms with Gasteiger partial charge in [0.25, 0.3) is 0 Å². The highest BCUT2D eigenvalue weighted by Gasteiger charge is 2.16. The van der Waals surface area contributed by atoms with Crippen molar-refractivity contribution in [2.75, 3.05) is 0 Å². The van der Waals surface area contributed by atoms with Crippen LogP contribution in [0.3, 0.4) is 0 Å². The maximum Gasteiger partial charge on any atom is 0.110 e. The van der Waals surface area contributed by atoms with Crippen molar-refractivity contribution in [2.45, 2.75) is 27.2 Å². The van der Waals surface area contributed by atoms with Crippen LogP contribution in [0.15, 0.2) is 18.2 Å². The van der Waals surface area contributed by atoms with Crippen molar-refractivity contribution in [3.63, 3.8) is 0 Å². The van der Waals surface area contributed by atoms with Crippen molar-refractivity contribution >= 4 is 11.0 Å². The van der Waals surface area contributed by atoms with Gasteiger partial charge in [-0.1, -0.05) is 20.8 Å². The predicted molar refractivity (Wildman–Crippen MR) is 68.6 cm³/mol. The van der Waals surface area contributed by atoms with E-state index in [4.69, 9.17) is 5.26 Å². The van der Waals surface area contributed by atoms with Crippen LogP contribution in [-0.2, 0) is 13.5 Å². The summed E-state index contributed by atoms with van der Waals surface area (Å²) in [6.45, 7) is 6.60. The van der Waals surface area contributed by atoms with Crippen LogP contribution in [0.5, 0.6) is 0 Å². The summed E-state index contributed by atoms with van der Waals surface area (Å²) >= 11 is 0. The van der Waals surface area contributed by atoms with Crippen LogP contribution in [0.4, 0.5) is 0 Å². The molecule has 2 rings (SSSR count). The number of fused-ring (bicyclic) bond motifs is 1. The van der Waals surface area contributed by atoms with Gasteiger partial charge in [-0.15, -0.1) is 0 Å². The van der Waals surface area contributed by atoms with Gasteiger partial charge in [-0.25, -0.2) is 4.98 Å². The second kappa shape index (κ2) is 3.89. The molecule has 88 valence electrons. The minimum absolute atomic E-state index is 0.215. The number of hydrogen-bond acceptors (Lipinski definition) is 2. The third-order valence-corrected chi connectivity index (χ3v) is 2.79. The average Bonchev–Trinajstić information content (AvgIpc) is 2.53. The molecule has 1 aromatic heterocycles. The van der Waals surface area contributed by atoms with E-state index < -0.39 is 0 Å². The molecule has 0 bridgehead atoms. The Morgan fingerprint density at radius 1 is 1.35 bits per heavy atom. The summed E-state index contributed by atoms with van der Waals surface area (Å²) in [7, 11) is 2.01. The molecule has 0 aliphatic carbocycles. The van der Waals surface area contributed by atoms with E-state index in [1.807, 2.05) is 25.2 Å². The highest BCUT2D eigenvalue weighted by Crippen LogP contribution is 2.23. The van der Waals surface area contributed by atoms with Gasteiger partial charge >= 0.3 is 0 Å². The lowest BCUT2D eigenvalue weighted by Crippen LogP contribution is -2.12. The van der Waals surface area contributed by atoms with Gasteiger partial charge in [-0.05, 0) is 23.6 Å². The van der Waals surface area contributed by atoms with Gasteiger partial charge in [0.2, 0.25) is 0 Å². The van der Waals surface area contributed by atoms with E-state index in [-0.39, 0.29) is 5.41 Å². The maximum atomic E-state index is 8.90. The SMILES string of the molecule is Cn1c(CC(C)(C)C)nc2ccc(C#N)cc21. The molecule has 3 nitrogen and oxygen atoms in total. The third kappa shape index (κ3) is 2.31. The van der Waals surface area contributed by atoms with Crippen LogP contribution in [0.1, 0.15) is 32.2 Å². The van der Waals surface area contributed by atoms with Gasteiger partial charge in [-0.2, -0.15) is 5.26 Å². The summed E-state index contributed by atoms with van der Waals surface area (Å²) in [6, 6.07) is 7.79. The van der Waals surface area contributed by atoms with Crippen molar-refractivity contribution in [2.24, 2.45) is 12.5 Å². The van der Waals surface area contributed by atoms with Gasteiger partial charge < -0.3 is 4.57 Å². The Morgan fingerprint density at radius 3 is 2.65 bits per heavy atom. The lowest BCUT2D eigenvalue weighted by molar-refractivity contribution is 0.396. The zero-order valence-electron chi connectivity index (χ0n) is 10.8. The average molecular weight is 227 g/mol. The molecule has 1 heterocycles. The van der Waals surface area contributed by atoms with Crippen molar-refractivity contribution in [3.05, 3.63) is 29.6 Å². The van der Waals surface area contributed by atoms with Crippen molar-refractivity contribution < 1.29 is 0 Å². The molecule has 2 aromatic rings. The molecule has 0 fully saturated rings. The molecule has 3 heteroatoms. The molecule has 0 spiro atoms. The van der Waals surface area contributed by atoms with Crippen LogP contribution in [-0.4, -0.2) is 9.55 Å². The molecule has 0 radical (unpaired) electrons. The first-order chi connectivity index (χ1) is 7.90. The van der Waals surface area contributed by atoms with E-state index in [0.29, 0.717) is 5.56 Å². The van der Waals surface area contributed by atoms with E-state index in [1.54, 1.807) is 0 Å². The highest BCUT2D eigenvalue weighted by atomic mass is 15.1. The molecule has 0 unspecified atom stereocenters. The molecule has 1 aromatic carbocycles. The number of benzene rings is 1. The van der Waals surface area contributed by atoms with Crippen molar-refractivity contribution in [1.29, 1.82) is 5.26 Å². The first-order valence-electron chi connectivity index (χ1n) is 5.76. The van der Waals surface area contributed by atoms with Crippen molar-refractivity contribution in [3.8, 4) is 6.07 Å². The lowest BCUT2D eigenvalue weighted by atomic mass is 9.92. The van der Waals surface area contributed by atoms with Gasteiger partial charge in [-0.3, -0.25) is 0 Å². The van der Waals surface area contributed by atoms with Crippen LogP contribution in [0.25, 0.3) is 11.0 Å². The van der Waals surface area contributed by atoms with Gasteiger partial charge in [0.05, 0.1) is 22.7 Å². The predicted octanol–water partition coefficient (Wildman–Crippen LogP) is 3.03. The number of nitriles is 1. The summed E-state index contributed by atoms with van der Waals surface area (Å²) in [6.07, 6.45) is 0.931. The van der Waals surface area contributed by atoms with Gasteiger partial charge in [0, 0.05) is 13.5 Å². The molecule has 0 saturated carbocycles. The Hall–Kier alpha value is -1.82. The summed E-state index contributed by atoms with van der Waals surface area (Å²) in [5.74, 6) is 1.07. The van der Waals surface area contributed by atoms with Gasteiger partial charge in [0.15, 0.2) is 0 Å². The Morgan fingerprint density at radius 2 is 2.06 bits per heavy atom. The Bertz CT molecular complexity index is 594. The summed E-state index contributed by atoms with van der Waals surface area (Å²) in [4.78, 5) is 4.63. The highest BCUT2D eigenvalue weighted by molar-refractivity contribution is 5.77. The lowest BCUT2D eigenvalue weighted by Gasteiger charge is -2.17. The zero-order chi connectivity index (χ0) is 12.6. The van der Waals surface area contributed by atoms with Crippen LogP contribution < -0.4 is 0 Å². The third-order valence-electron chi connectivity index (χ3n) is 2.79. The Labute approximate surface area is 102 Å². The fourth-order valence-electron chi connectivity index (χ4n) is 1.94. The Balaban J connectivity index is 2.54. The van der Waals surface area contributed by atoms with E-state index >= 15 is 0 Å². The first-order valence-corrected chi connectivity index (χ1v) is 5.76. The molecule has 0 amide bonds. The quantitative estimate of drug-likeness (QED) is 0.751. The van der Waals surface area contributed by atoms with Crippen molar-refractivity contribution in [1.82, 2.24) is 9.55 Å².